The zero-order valence-corrected chi connectivity index (χ0v) is 12.4. The van der Waals surface area contributed by atoms with Gasteiger partial charge in [-0.15, -0.1) is 0 Å². The molecule has 0 saturated heterocycles. The molecule has 114 valence electrons. The van der Waals surface area contributed by atoms with Crippen molar-refractivity contribution in [2.75, 3.05) is 20.3 Å². The van der Waals surface area contributed by atoms with Gasteiger partial charge in [0.25, 0.3) is 5.89 Å². The minimum absolute atomic E-state index is 0.371. The van der Waals surface area contributed by atoms with E-state index in [0.717, 1.165) is 12.0 Å². The Balaban J connectivity index is 2.07. The fourth-order valence-electron chi connectivity index (χ4n) is 1.94. The Kier molecular flexibility index (Phi) is 5.86. The summed E-state index contributed by atoms with van der Waals surface area (Å²) in [5.74, 6) is 0.823. The Bertz CT molecular complexity index is 530. The van der Waals surface area contributed by atoms with E-state index >= 15 is 0 Å². The summed E-state index contributed by atoms with van der Waals surface area (Å²) in [5.41, 5.74) is 6.93. The van der Waals surface area contributed by atoms with Crippen molar-refractivity contribution in [1.82, 2.24) is 10.1 Å². The summed E-state index contributed by atoms with van der Waals surface area (Å²) in [6.07, 6.45) is 0.556. The molecular weight excluding hydrogens is 270 g/mol. The molecule has 0 radical (unpaired) electrons. The Labute approximate surface area is 124 Å². The van der Waals surface area contributed by atoms with Crippen molar-refractivity contribution in [3.05, 3.63) is 47.6 Å². The Morgan fingerprint density at radius 1 is 1.29 bits per heavy atom. The van der Waals surface area contributed by atoms with Crippen molar-refractivity contribution in [1.29, 1.82) is 0 Å². The molecule has 1 heterocycles. The number of benzene rings is 1. The minimum Gasteiger partial charge on any atom is -0.379 e. The predicted octanol–water partition coefficient (Wildman–Crippen LogP) is 2.23. The van der Waals surface area contributed by atoms with Crippen LogP contribution in [0, 0.1) is 0 Å². The largest absolute Gasteiger partial charge is 0.379 e. The van der Waals surface area contributed by atoms with Gasteiger partial charge in [-0.25, -0.2) is 0 Å². The van der Waals surface area contributed by atoms with E-state index in [2.05, 4.69) is 10.1 Å². The third-order valence-corrected chi connectivity index (χ3v) is 3.00. The molecule has 0 aliphatic rings. The molecule has 6 heteroatoms. The van der Waals surface area contributed by atoms with Crippen LogP contribution in [-0.2, 0) is 9.47 Å². The fraction of sp³-hybridized carbons (Fsp3) is 0.467. The summed E-state index contributed by atoms with van der Waals surface area (Å²) in [7, 11) is 1.60. The van der Waals surface area contributed by atoms with Crippen LogP contribution in [0.15, 0.2) is 34.9 Å². The summed E-state index contributed by atoms with van der Waals surface area (Å²) in [6, 6.07) is 9.30. The topological polar surface area (TPSA) is 83.4 Å². The van der Waals surface area contributed by atoms with Crippen LogP contribution in [0.25, 0.3) is 0 Å². The zero-order valence-electron chi connectivity index (χ0n) is 12.4. The summed E-state index contributed by atoms with van der Waals surface area (Å²) in [4.78, 5) is 4.33. The first-order valence-electron chi connectivity index (χ1n) is 7.00. The van der Waals surface area contributed by atoms with E-state index in [9.17, 15) is 0 Å². The molecule has 0 bridgehead atoms. The lowest BCUT2D eigenvalue weighted by atomic mass is 10.1. The summed E-state index contributed by atoms with van der Waals surface area (Å²) < 4.78 is 16.1. The molecule has 1 aromatic carbocycles. The molecule has 0 spiro atoms. The quantitative estimate of drug-likeness (QED) is 0.751. The van der Waals surface area contributed by atoms with Gasteiger partial charge in [-0.3, -0.25) is 0 Å². The Hall–Kier alpha value is -1.76. The number of aromatic nitrogens is 2. The highest BCUT2D eigenvalue weighted by atomic mass is 16.5. The third-order valence-electron chi connectivity index (χ3n) is 3.00. The molecule has 2 aromatic rings. The van der Waals surface area contributed by atoms with Gasteiger partial charge in [-0.2, -0.15) is 4.98 Å². The van der Waals surface area contributed by atoms with Crippen LogP contribution in [0.1, 0.15) is 42.8 Å². The molecule has 0 aliphatic heterocycles. The lowest BCUT2D eigenvalue weighted by molar-refractivity contribution is 0.105. The van der Waals surface area contributed by atoms with Gasteiger partial charge in [0, 0.05) is 13.7 Å². The SMILES string of the molecule is CCCOCC(N)c1noc(C(OC)c2ccccc2)n1. The molecule has 6 nitrogen and oxygen atoms in total. The second kappa shape index (κ2) is 7.87. The molecule has 2 rings (SSSR count). The molecule has 0 saturated carbocycles. The first-order valence-corrected chi connectivity index (χ1v) is 7.00. The summed E-state index contributed by atoms with van der Waals surface area (Å²) in [5, 5.41) is 3.92. The van der Waals surface area contributed by atoms with Gasteiger partial charge < -0.3 is 19.7 Å². The van der Waals surface area contributed by atoms with E-state index in [1.807, 2.05) is 37.3 Å². The van der Waals surface area contributed by atoms with E-state index in [1.165, 1.54) is 0 Å². The van der Waals surface area contributed by atoms with E-state index in [0.29, 0.717) is 24.9 Å². The van der Waals surface area contributed by atoms with Gasteiger partial charge in [-0.1, -0.05) is 42.4 Å². The van der Waals surface area contributed by atoms with E-state index in [4.69, 9.17) is 19.7 Å². The molecule has 0 aliphatic carbocycles. The zero-order chi connectivity index (χ0) is 15.1. The molecule has 2 N–H and O–H groups in total. The molecule has 2 atom stereocenters. The number of rotatable bonds is 8. The van der Waals surface area contributed by atoms with Crippen molar-refractivity contribution in [2.45, 2.75) is 25.5 Å². The monoisotopic (exact) mass is 291 g/mol. The number of hydrogen-bond donors (Lipinski definition) is 1. The molecule has 0 fully saturated rings. The fourth-order valence-corrected chi connectivity index (χ4v) is 1.94. The second-order valence-electron chi connectivity index (χ2n) is 4.70. The lowest BCUT2D eigenvalue weighted by Gasteiger charge is -2.10. The first-order chi connectivity index (χ1) is 10.3. The maximum atomic E-state index is 5.98. The van der Waals surface area contributed by atoms with Crippen LogP contribution in [-0.4, -0.2) is 30.5 Å². The van der Waals surface area contributed by atoms with Crippen LogP contribution in [0.4, 0.5) is 0 Å². The van der Waals surface area contributed by atoms with E-state index in [-0.39, 0.29) is 0 Å². The van der Waals surface area contributed by atoms with Crippen molar-refractivity contribution >= 4 is 0 Å². The van der Waals surface area contributed by atoms with Crippen LogP contribution in [0.3, 0.4) is 0 Å². The molecule has 1 aromatic heterocycles. The second-order valence-corrected chi connectivity index (χ2v) is 4.70. The van der Waals surface area contributed by atoms with Crippen LogP contribution >= 0.6 is 0 Å². The number of hydrogen-bond acceptors (Lipinski definition) is 6. The highest BCUT2D eigenvalue weighted by molar-refractivity contribution is 5.22. The van der Waals surface area contributed by atoms with Gasteiger partial charge in [0.1, 0.15) is 0 Å². The lowest BCUT2D eigenvalue weighted by Crippen LogP contribution is -2.19. The summed E-state index contributed by atoms with van der Waals surface area (Å²) in [6.45, 7) is 3.08. The van der Waals surface area contributed by atoms with Crippen LogP contribution < -0.4 is 5.73 Å². The predicted molar refractivity (Wildman–Crippen MR) is 77.6 cm³/mol. The molecule has 0 amide bonds. The third kappa shape index (κ3) is 4.10. The number of ether oxygens (including phenoxy) is 2. The van der Waals surface area contributed by atoms with Crippen LogP contribution in [0.5, 0.6) is 0 Å². The first kappa shape index (κ1) is 15.6. The highest BCUT2D eigenvalue weighted by Gasteiger charge is 2.22. The van der Waals surface area contributed by atoms with Gasteiger partial charge in [-0.05, 0) is 12.0 Å². The van der Waals surface area contributed by atoms with Crippen molar-refractivity contribution < 1.29 is 14.0 Å². The van der Waals surface area contributed by atoms with Crippen molar-refractivity contribution in [2.24, 2.45) is 5.73 Å². The van der Waals surface area contributed by atoms with Crippen molar-refractivity contribution in [3.8, 4) is 0 Å². The Morgan fingerprint density at radius 2 is 2.05 bits per heavy atom. The van der Waals surface area contributed by atoms with Gasteiger partial charge >= 0.3 is 0 Å². The van der Waals surface area contributed by atoms with Gasteiger partial charge in [0.05, 0.1) is 12.6 Å². The number of nitrogens with two attached hydrogens (primary N) is 1. The van der Waals surface area contributed by atoms with Gasteiger partial charge in [0.15, 0.2) is 11.9 Å². The maximum absolute atomic E-state index is 5.98. The number of methoxy groups -OCH3 is 1. The Morgan fingerprint density at radius 3 is 2.71 bits per heavy atom. The van der Waals surface area contributed by atoms with Crippen LogP contribution in [0.2, 0.25) is 0 Å². The average molecular weight is 291 g/mol. The number of nitrogens with zero attached hydrogens (tertiary/aromatic N) is 2. The highest BCUT2D eigenvalue weighted by Crippen LogP contribution is 2.24. The standard InChI is InChI=1S/C15H21N3O3/c1-3-9-20-10-12(16)14-17-15(21-18-14)13(19-2)11-7-5-4-6-8-11/h4-8,12-13H,3,9-10,16H2,1-2H3. The van der Waals surface area contributed by atoms with E-state index < -0.39 is 12.1 Å². The van der Waals surface area contributed by atoms with E-state index in [1.54, 1.807) is 7.11 Å². The normalized spacial score (nSPS) is 14.0. The molecule has 2 unspecified atom stereocenters. The molecule has 21 heavy (non-hydrogen) atoms. The maximum Gasteiger partial charge on any atom is 0.260 e. The van der Waals surface area contributed by atoms with Gasteiger partial charge in [0.2, 0.25) is 0 Å². The summed E-state index contributed by atoms with van der Waals surface area (Å²) >= 11 is 0. The molecular formula is C15H21N3O3. The smallest absolute Gasteiger partial charge is 0.260 e. The minimum atomic E-state index is -0.401. The van der Waals surface area contributed by atoms with Crippen molar-refractivity contribution in [3.63, 3.8) is 0 Å². The average Bonchev–Trinajstić information content (AvgIpc) is 2.99.